The third kappa shape index (κ3) is 5.35. The molecule has 2 saturated heterocycles. The predicted octanol–water partition coefficient (Wildman–Crippen LogP) is 7.62. The van der Waals surface area contributed by atoms with Gasteiger partial charge in [-0.15, -0.1) is 0 Å². The second-order valence-corrected chi connectivity index (χ2v) is 11.2. The summed E-state index contributed by atoms with van der Waals surface area (Å²) in [5.41, 5.74) is 4.33. The molecule has 2 nitrogen and oxygen atoms in total. The number of benzene rings is 2. The lowest BCUT2D eigenvalue weighted by molar-refractivity contribution is 0.276. The van der Waals surface area contributed by atoms with Crippen molar-refractivity contribution in [3.63, 3.8) is 0 Å². The van der Waals surface area contributed by atoms with Crippen LogP contribution in [0.2, 0.25) is 0 Å². The molecule has 0 spiro atoms. The summed E-state index contributed by atoms with van der Waals surface area (Å²) >= 11 is 0. The first-order chi connectivity index (χ1) is 16.2. The molecule has 176 valence electrons. The Balaban J connectivity index is 1.06. The fourth-order valence-electron chi connectivity index (χ4n) is 6.57. The largest absolute Gasteiger partial charge is 0.373 e. The van der Waals surface area contributed by atoms with Crippen molar-refractivity contribution in [2.24, 2.45) is 11.8 Å². The van der Waals surface area contributed by atoms with Crippen LogP contribution in [0.4, 0.5) is 4.39 Å². The Labute approximate surface area is 197 Å². The molecule has 2 atom stereocenters. The van der Waals surface area contributed by atoms with Gasteiger partial charge in [0.1, 0.15) is 5.82 Å². The highest BCUT2D eigenvalue weighted by atomic mass is 19.1. The van der Waals surface area contributed by atoms with Gasteiger partial charge >= 0.3 is 0 Å². The Morgan fingerprint density at radius 2 is 1.12 bits per heavy atom. The summed E-state index contributed by atoms with van der Waals surface area (Å²) in [6.07, 6.45) is 13.6. The Bertz CT molecular complexity index is 930. The van der Waals surface area contributed by atoms with Crippen LogP contribution in [-0.4, -0.2) is 25.4 Å². The van der Waals surface area contributed by atoms with Gasteiger partial charge in [-0.25, -0.2) is 4.39 Å². The fraction of sp³-hybridized carbons (Fsp3) is 0.600. The van der Waals surface area contributed by atoms with Crippen LogP contribution in [0.25, 0.3) is 11.1 Å². The number of ether oxygens (including phenoxy) is 2. The summed E-state index contributed by atoms with van der Waals surface area (Å²) in [6, 6.07) is 14.7. The van der Waals surface area contributed by atoms with Gasteiger partial charge in [-0.3, -0.25) is 0 Å². The average molecular weight is 449 g/mol. The normalized spacial score (nSPS) is 33.6. The minimum absolute atomic E-state index is 0.0726. The van der Waals surface area contributed by atoms with Gasteiger partial charge in [0.2, 0.25) is 0 Å². The second-order valence-electron chi connectivity index (χ2n) is 11.2. The van der Waals surface area contributed by atoms with Gasteiger partial charge in [0, 0.05) is 5.56 Å². The van der Waals surface area contributed by atoms with E-state index in [1.165, 1.54) is 75.3 Å². The molecule has 0 amide bonds. The molecule has 33 heavy (non-hydrogen) atoms. The molecular formula is C30H37FO2. The summed E-state index contributed by atoms with van der Waals surface area (Å²) in [5, 5.41) is 0. The second kappa shape index (κ2) is 9.50. The van der Waals surface area contributed by atoms with Crippen molar-refractivity contribution in [3.8, 4) is 11.1 Å². The summed E-state index contributed by atoms with van der Waals surface area (Å²) < 4.78 is 25.9. The van der Waals surface area contributed by atoms with Crippen LogP contribution in [0, 0.1) is 17.7 Å². The minimum Gasteiger partial charge on any atom is -0.373 e. The van der Waals surface area contributed by atoms with Crippen LogP contribution < -0.4 is 0 Å². The molecule has 0 N–H and O–H groups in total. The monoisotopic (exact) mass is 448 g/mol. The van der Waals surface area contributed by atoms with E-state index in [0.29, 0.717) is 24.0 Å². The van der Waals surface area contributed by atoms with Gasteiger partial charge in [-0.1, -0.05) is 36.4 Å². The van der Waals surface area contributed by atoms with E-state index in [-0.39, 0.29) is 5.82 Å². The molecule has 2 unspecified atom stereocenters. The van der Waals surface area contributed by atoms with Gasteiger partial charge < -0.3 is 9.47 Å². The predicted molar refractivity (Wildman–Crippen MR) is 130 cm³/mol. The molecule has 2 aromatic carbocycles. The number of rotatable bonds is 7. The smallest absolute Gasteiger partial charge is 0.131 e. The summed E-state index contributed by atoms with van der Waals surface area (Å²) in [4.78, 5) is 0. The summed E-state index contributed by atoms with van der Waals surface area (Å²) in [6.45, 7) is 1.95. The highest BCUT2D eigenvalue weighted by Crippen LogP contribution is 2.41. The van der Waals surface area contributed by atoms with Crippen LogP contribution in [0.5, 0.6) is 0 Å². The van der Waals surface area contributed by atoms with E-state index >= 15 is 4.39 Å². The number of halogens is 1. The Morgan fingerprint density at radius 1 is 0.636 bits per heavy atom. The average Bonchev–Trinajstić information content (AvgIpc) is 3.78. The molecule has 6 rings (SSSR count). The molecule has 2 saturated carbocycles. The first kappa shape index (κ1) is 21.8. The van der Waals surface area contributed by atoms with Crippen molar-refractivity contribution in [1.29, 1.82) is 0 Å². The van der Waals surface area contributed by atoms with Crippen LogP contribution in [0.3, 0.4) is 0 Å². The van der Waals surface area contributed by atoms with Crippen LogP contribution in [0.1, 0.15) is 87.2 Å². The highest BCUT2D eigenvalue weighted by Gasteiger charge is 2.31. The van der Waals surface area contributed by atoms with E-state index in [4.69, 9.17) is 9.47 Å². The van der Waals surface area contributed by atoms with Crippen LogP contribution in [-0.2, 0) is 9.47 Å². The van der Waals surface area contributed by atoms with Crippen molar-refractivity contribution < 1.29 is 13.9 Å². The molecule has 3 heteroatoms. The molecule has 2 aliphatic heterocycles. The molecule has 2 heterocycles. The third-order valence-corrected chi connectivity index (χ3v) is 8.85. The van der Waals surface area contributed by atoms with Gasteiger partial charge in [-0.2, -0.15) is 0 Å². The van der Waals surface area contributed by atoms with E-state index in [0.717, 1.165) is 36.2 Å². The van der Waals surface area contributed by atoms with Gasteiger partial charge in [-0.05, 0) is 111 Å². The minimum atomic E-state index is -0.0726. The van der Waals surface area contributed by atoms with Crippen molar-refractivity contribution in [2.75, 3.05) is 13.2 Å². The van der Waals surface area contributed by atoms with Crippen molar-refractivity contribution >= 4 is 0 Å². The molecule has 4 aliphatic rings. The number of epoxide rings is 2. The van der Waals surface area contributed by atoms with Crippen LogP contribution in [0.15, 0.2) is 42.5 Å². The molecule has 0 radical (unpaired) electrons. The summed E-state index contributed by atoms with van der Waals surface area (Å²) in [7, 11) is 0. The zero-order chi connectivity index (χ0) is 22.2. The topological polar surface area (TPSA) is 25.1 Å². The van der Waals surface area contributed by atoms with E-state index in [2.05, 4.69) is 30.3 Å². The van der Waals surface area contributed by atoms with Gasteiger partial charge in [0.15, 0.2) is 0 Å². The summed E-state index contributed by atoms with van der Waals surface area (Å²) in [5.74, 6) is 2.75. The van der Waals surface area contributed by atoms with E-state index < -0.39 is 0 Å². The third-order valence-electron chi connectivity index (χ3n) is 8.85. The van der Waals surface area contributed by atoms with E-state index in [1.54, 1.807) is 0 Å². The maximum Gasteiger partial charge on any atom is 0.131 e. The molecule has 0 bridgehead atoms. The number of hydrogen-bond acceptors (Lipinski definition) is 2. The maximum atomic E-state index is 15.1. The van der Waals surface area contributed by atoms with Crippen LogP contribution >= 0.6 is 0 Å². The Morgan fingerprint density at radius 3 is 1.61 bits per heavy atom. The maximum absolute atomic E-state index is 15.1. The van der Waals surface area contributed by atoms with Gasteiger partial charge in [0.05, 0.1) is 25.4 Å². The fourth-order valence-corrected chi connectivity index (χ4v) is 6.57. The molecule has 0 aromatic heterocycles. The molecular weight excluding hydrogens is 411 g/mol. The van der Waals surface area contributed by atoms with Gasteiger partial charge in [0.25, 0.3) is 0 Å². The zero-order valence-corrected chi connectivity index (χ0v) is 19.7. The lowest BCUT2D eigenvalue weighted by Crippen LogP contribution is -2.15. The van der Waals surface area contributed by atoms with E-state index in [1.807, 2.05) is 12.1 Å². The molecule has 2 aromatic rings. The molecule has 2 aliphatic carbocycles. The first-order valence-electron chi connectivity index (χ1n) is 13.3. The number of hydrogen-bond donors (Lipinski definition) is 0. The Kier molecular flexibility index (Phi) is 6.28. The standard InChI is InChI=1S/C30H37FO2/c31-30-17-26(24-7-3-21(4-8-24)16-28-19-33-28)13-14-29(30)25-11-9-23(10-12-25)22-5-1-20(2-6-22)15-27-18-32-27/h9-14,17,20-22,24,27-28H,1-8,15-16,18-19H2. The Hall–Kier alpha value is -1.71. The SMILES string of the molecule is Fc1cc(C2CCC(CC3CO3)CC2)ccc1-c1ccc(C2CCC(CC3CO3)CC2)cc1. The van der Waals surface area contributed by atoms with Crippen molar-refractivity contribution in [1.82, 2.24) is 0 Å². The van der Waals surface area contributed by atoms with Crippen molar-refractivity contribution in [2.45, 2.75) is 88.3 Å². The quantitative estimate of drug-likeness (QED) is 0.407. The first-order valence-corrected chi connectivity index (χ1v) is 13.3. The zero-order valence-electron chi connectivity index (χ0n) is 19.7. The lowest BCUT2D eigenvalue weighted by atomic mass is 9.76. The lowest BCUT2D eigenvalue weighted by Gasteiger charge is -2.29. The molecule has 4 fully saturated rings. The van der Waals surface area contributed by atoms with Crippen molar-refractivity contribution in [3.05, 3.63) is 59.4 Å². The highest BCUT2D eigenvalue weighted by molar-refractivity contribution is 5.65. The van der Waals surface area contributed by atoms with E-state index in [9.17, 15) is 0 Å².